The summed E-state index contributed by atoms with van der Waals surface area (Å²) < 4.78 is 0. The predicted octanol–water partition coefficient (Wildman–Crippen LogP) is 1.96. The molecule has 1 amide bonds. The van der Waals surface area contributed by atoms with Crippen LogP contribution in [0, 0.1) is 0 Å². The first-order valence-electron chi connectivity index (χ1n) is 6.76. The van der Waals surface area contributed by atoms with E-state index in [1.54, 1.807) is 7.05 Å². The van der Waals surface area contributed by atoms with Gasteiger partial charge in [-0.25, -0.2) is 0 Å². The molecule has 0 spiro atoms. The van der Waals surface area contributed by atoms with Crippen LogP contribution in [0.3, 0.4) is 0 Å². The van der Waals surface area contributed by atoms with E-state index in [0.29, 0.717) is 12.5 Å². The van der Waals surface area contributed by atoms with E-state index in [0.717, 1.165) is 6.54 Å². The number of amides is 1. The van der Waals surface area contributed by atoms with Gasteiger partial charge in [-0.3, -0.25) is 4.79 Å². The molecule has 1 unspecified atom stereocenters. The number of fused-ring (bicyclic) bond motifs is 1. The fraction of sp³-hybridized carbons (Fsp3) is 0.533. The van der Waals surface area contributed by atoms with Crippen molar-refractivity contribution in [3.8, 4) is 0 Å². The molecule has 0 fully saturated rings. The van der Waals surface area contributed by atoms with Gasteiger partial charge in [0.2, 0.25) is 5.91 Å². The first-order chi connectivity index (χ1) is 8.70. The summed E-state index contributed by atoms with van der Waals surface area (Å²) in [5.41, 5.74) is 4.34. The molecule has 0 saturated carbocycles. The third kappa shape index (κ3) is 3.10. The Bertz CT molecular complexity index is 429. The Morgan fingerprint density at radius 3 is 2.89 bits per heavy atom. The summed E-state index contributed by atoms with van der Waals surface area (Å²) in [6, 6.07) is 7.09. The minimum Gasteiger partial charge on any atom is -0.359 e. The van der Waals surface area contributed by atoms with E-state index in [-0.39, 0.29) is 5.91 Å². The quantitative estimate of drug-likeness (QED) is 0.834. The molecule has 98 valence electrons. The van der Waals surface area contributed by atoms with Gasteiger partial charge in [-0.2, -0.15) is 0 Å². The smallest absolute Gasteiger partial charge is 0.221 e. The highest BCUT2D eigenvalue weighted by Gasteiger charge is 2.13. The third-order valence-corrected chi connectivity index (χ3v) is 3.70. The summed E-state index contributed by atoms with van der Waals surface area (Å²) in [7, 11) is 1.67. The molecular weight excluding hydrogens is 224 g/mol. The number of carbonyl (C=O) groups is 1. The second-order valence-corrected chi connectivity index (χ2v) is 4.98. The molecule has 1 aromatic carbocycles. The van der Waals surface area contributed by atoms with Crippen molar-refractivity contribution in [2.45, 2.75) is 38.6 Å². The minimum atomic E-state index is 0.0867. The molecule has 1 aliphatic carbocycles. The van der Waals surface area contributed by atoms with Crippen LogP contribution in [0.15, 0.2) is 18.2 Å². The van der Waals surface area contributed by atoms with Crippen LogP contribution >= 0.6 is 0 Å². The lowest BCUT2D eigenvalue weighted by Crippen LogP contribution is -2.26. The molecule has 3 nitrogen and oxygen atoms in total. The molecule has 0 aliphatic heterocycles. The molecule has 2 rings (SSSR count). The van der Waals surface area contributed by atoms with Crippen LogP contribution in [0.5, 0.6) is 0 Å². The highest BCUT2D eigenvalue weighted by molar-refractivity contribution is 5.75. The summed E-state index contributed by atoms with van der Waals surface area (Å²) in [5.74, 6) is 0.0867. The molecule has 0 radical (unpaired) electrons. The van der Waals surface area contributed by atoms with E-state index < -0.39 is 0 Å². The largest absolute Gasteiger partial charge is 0.359 e. The Kier molecular flexibility index (Phi) is 4.37. The zero-order valence-corrected chi connectivity index (χ0v) is 11.3. The molecule has 0 bridgehead atoms. The molecule has 1 aromatic rings. The standard InChI is InChI=1S/C15H22N2O/c1-11(17-9-8-15(18)16-2)13-7-6-12-4-3-5-14(12)10-13/h6-7,10-11,17H,3-5,8-9H2,1-2H3,(H,16,18). The van der Waals surface area contributed by atoms with Crippen molar-refractivity contribution in [2.75, 3.05) is 13.6 Å². The van der Waals surface area contributed by atoms with Crippen molar-refractivity contribution < 1.29 is 4.79 Å². The molecule has 18 heavy (non-hydrogen) atoms. The van der Waals surface area contributed by atoms with Crippen molar-refractivity contribution >= 4 is 5.91 Å². The molecule has 3 heteroatoms. The second kappa shape index (κ2) is 6.01. The second-order valence-electron chi connectivity index (χ2n) is 4.98. The fourth-order valence-electron chi connectivity index (χ4n) is 2.51. The van der Waals surface area contributed by atoms with Gasteiger partial charge in [0.1, 0.15) is 0 Å². The van der Waals surface area contributed by atoms with E-state index in [1.807, 2.05) is 0 Å². The highest BCUT2D eigenvalue weighted by atomic mass is 16.1. The Hall–Kier alpha value is -1.35. The van der Waals surface area contributed by atoms with Gasteiger partial charge < -0.3 is 10.6 Å². The lowest BCUT2D eigenvalue weighted by atomic mass is 10.0. The van der Waals surface area contributed by atoms with Crippen molar-refractivity contribution in [3.63, 3.8) is 0 Å². The van der Waals surface area contributed by atoms with Gasteiger partial charge in [-0.1, -0.05) is 18.2 Å². The summed E-state index contributed by atoms with van der Waals surface area (Å²) >= 11 is 0. The number of benzene rings is 1. The molecular formula is C15H22N2O. The Morgan fingerprint density at radius 2 is 2.11 bits per heavy atom. The average molecular weight is 246 g/mol. The van der Waals surface area contributed by atoms with Gasteiger partial charge in [0.25, 0.3) is 0 Å². The van der Waals surface area contributed by atoms with Gasteiger partial charge in [0.15, 0.2) is 0 Å². The Balaban J connectivity index is 1.89. The van der Waals surface area contributed by atoms with Gasteiger partial charge in [0, 0.05) is 26.1 Å². The maximum atomic E-state index is 11.1. The minimum absolute atomic E-state index is 0.0867. The first-order valence-corrected chi connectivity index (χ1v) is 6.76. The number of aryl methyl sites for hydroxylation is 2. The maximum Gasteiger partial charge on any atom is 0.221 e. The maximum absolute atomic E-state index is 11.1. The van der Waals surface area contributed by atoms with Crippen LogP contribution in [-0.4, -0.2) is 19.5 Å². The summed E-state index contributed by atoms with van der Waals surface area (Å²) in [6.07, 6.45) is 4.27. The molecule has 0 saturated heterocycles. The van der Waals surface area contributed by atoms with Gasteiger partial charge in [0.05, 0.1) is 0 Å². The summed E-state index contributed by atoms with van der Waals surface area (Å²) in [6.45, 7) is 2.87. The Morgan fingerprint density at radius 1 is 1.33 bits per heavy atom. The lowest BCUT2D eigenvalue weighted by molar-refractivity contribution is -0.120. The van der Waals surface area contributed by atoms with Crippen molar-refractivity contribution in [1.29, 1.82) is 0 Å². The number of nitrogens with one attached hydrogen (secondary N) is 2. The molecule has 1 aliphatic rings. The predicted molar refractivity (Wildman–Crippen MR) is 73.6 cm³/mol. The van der Waals surface area contributed by atoms with Gasteiger partial charge >= 0.3 is 0 Å². The summed E-state index contributed by atoms with van der Waals surface area (Å²) in [5, 5.41) is 6.03. The van der Waals surface area contributed by atoms with E-state index >= 15 is 0 Å². The SMILES string of the molecule is CNC(=O)CCNC(C)c1ccc2c(c1)CCC2. The number of hydrogen-bond donors (Lipinski definition) is 2. The first kappa shape index (κ1) is 13.1. The van der Waals surface area contributed by atoms with Crippen LogP contribution in [0.1, 0.15) is 42.5 Å². The fourth-order valence-corrected chi connectivity index (χ4v) is 2.51. The summed E-state index contributed by atoms with van der Waals surface area (Å²) in [4.78, 5) is 11.1. The van der Waals surface area contributed by atoms with E-state index in [9.17, 15) is 4.79 Å². The van der Waals surface area contributed by atoms with Crippen LogP contribution in [0.2, 0.25) is 0 Å². The number of hydrogen-bond acceptors (Lipinski definition) is 2. The van der Waals surface area contributed by atoms with E-state index in [2.05, 4.69) is 35.8 Å². The topological polar surface area (TPSA) is 41.1 Å². The molecule has 0 aromatic heterocycles. The van der Waals surface area contributed by atoms with Crippen LogP contribution in [-0.2, 0) is 17.6 Å². The highest BCUT2D eigenvalue weighted by Crippen LogP contribution is 2.25. The lowest BCUT2D eigenvalue weighted by Gasteiger charge is -2.15. The van der Waals surface area contributed by atoms with Crippen LogP contribution in [0.4, 0.5) is 0 Å². The third-order valence-electron chi connectivity index (χ3n) is 3.70. The molecule has 1 atom stereocenters. The van der Waals surface area contributed by atoms with Gasteiger partial charge in [-0.15, -0.1) is 0 Å². The molecule has 2 N–H and O–H groups in total. The molecule has 0 heterocycles. The van der Waals surface area contributed by atoms with E-state index in [1.165, 1.54) is 36.0 Å². The van der Waals surface area contributed by atoms with Crippen molar-refractivity contribution in [3.05, 3.63) is 34.9 Å². The zero-order valence-electron chi connectivity index (χ0n) is 11.3. The number of carbonyl (C=O) groups excluding carboxylic acids is 1. The van der Waals surface area contributed by atoms with Gasteiger partial charge in [-0.05, 0) is 42.9 Å². The Labute approximate surface area is 109 Å². The average Bonchev–Trinajstić information content (AvgIpc) is 2.85. The van der Waals surface area contributed by atoms with Crippen LogP contribution in [0.25, 0.3) is 0 Å². The monoisotopic (exact) mass is 246 g/mol. The van der Waals surface area contributed by atoms with Crippen molar-refractivity contribution in [2.24, 2.45) is 0 Å². The normalized spacial score (nSPS) is 15.2. The number of rotatable bonds is 5. The van der Waals surface area contributed by atoms with Crippen LogP contribution < -0.4 is 10.6 Å². The zero-order chi connectivity index (χ0) is 13.0. The van der Waals surface area contributed by atoms with E-state index in [4.69, 9.17) is 0 Å². The van der Waals surface area contributed by atoms with Crippen molar-refractivity contribution in [1.82, 2.24) is 10.6 Å².